The lowest BCUT2D eigenvalue weighted by Gasteiger charge is -2.25. The summed E-state index contributed by atoms with van der Waals surface area (Å²) in [6.45, 7) is 5.89. The summed E-state index contributed by atoms with van der Waals surface area (Å²) >= 11 is 0. The number of hydrogen-bond donors (Lipinski definition) is 1. The quantitative estimate of drug-likeness (QED) is 0.804. The predicted octanol–water partition coefficient (Wildman–Crippen LogP) is 1.03. The highest BCUT2D eigenvalue weighted by Gasteiger charge is 2.22. The maximum Gasteiger partial charge on any atom is 0.374 e. The molecule has 112 valence electrons. The number of nitrogens with zero attached hydrogens (tertiary/aromatic N) is 3. The van der Waals surface area contributed by atoms with Crippen molar-refractivity contribution in [3.8, 4) is 0 Å². The molecule has 1 aromatic rings. The summed E-state index contributed by atoms with van der Waals surface area (Å²) in [5.74, 6) is -1.56. The van der Waals surface area contributed by atoms with E-state index in [0.29, 0.717) is 19.0 Å². The minimum Gasteiger partial charge on any atom is -0.475 e. The molecule has 0 radical (unpaired) electrons. The monoisotopic (exact) mass is 283 g/mol. The van der Waals surface area contributed by atoms with Crippen LogP contribution in [0.3, 0.4) is 0 Å². The van der Waals surface area contributed by atoms with Gasteiger partial charge in [-0.1, -0.05) is 19.0 Å². The molecular weight excluding hydrogens is 262 g/mol. The Morgan fingerprint density at radius 1 is 1.35 bits per heavy atom. The number of carbonyl (C=O) groups is 2. The zero-order valence-corrected chi connectivity index (χ0v) is 12.3. The lowest BCUT2D eigenvalue weighted by atomic mass is 10.2. The second kappa shape index (κ2) is 7.04. The first-order valence-corrected chi connectivity index (χ1v) is 6.45. The van der Waals surface area contributed by atoms with E-state index in [2.05, 4.69) is 9.68 Å². The van der Waals surface area contributed by atoms with Gasteiger partial charge in [-0.2, -0.15) is 0 Å². The lowest BCUT2D eigenvalue weighted by Crippen LogP contribution is -2.39. The molecule has 0 aliphatic rings. The van der Waals surface area contributed by atoms with Crippen LogP contribution in [0.25, 0.3) is 0 Å². The standard InChI is InChI=1S/C13H21N3O4/c1-9(2)8-16(6-5-15(3)4)12(17)10-7-11(13(18)19)20-14-10/h7,9H,5-6,8H2,1-4H3,(H,18,19). The molecule has 0 unspecified atom stereocenters. The van der Waals surface area contributed by atoms with Crippen LogP contribution < -0.4 is 0 Å². The SMILES string of the molecule is CC(C)CN(CCN(C)C)C(=O)c1cc(C(=O)O)on1. The van der Waals surface area contributed by atoms with Gasteiger partial charge in [-0.15, -0.1) is 0 Å². The topological polar surface area (TPSA) is 86.9 Å². The first kappa shape index (κ1) is 16.2. The number of carbonyl (C=O) groups excluding carboxylic acids is 1. The molecule has 0 bridgehead atoms. The smallest absolute Gasteiger partial charge is 0.374 e. The van der Waals surface area contributed by atoms with E-state index in [0.717, 1.165) is 12.6 Å². The minimum atomic E-state index is -1.24. The molecule has 0 saturated carbocycles. The van der Waals surface area contributed by atoms with E-state index in [9.17, 15) is 9.59 Å². The Bertz CT molecular complexity index is 468. The molecule has 1 N–H and O–H groups in total. The van der Waals surface area contributed by atoms with Crippen molar-refractivity contribution in [3.05, 3.63) is 17.5 Å². The number of rotatable bonds is 7. The zero-order valence-electron chi connectivity index (χ0n) is 12.3. The van der Waals surface area contributed by atoms with Crippen LogP contribution in [-0.2, 0) is 0 Å². The third kappa shape index (κ3) is 4.65. The van der Waals surface area contributed by atoms with Gasteiger partial charge >= 0.3 is 5.97 Å². The Hall–Kier alpha value is -1.89. The lowest BCUT2D eigenvalue weighted by molar-refractivity contribution is 0.0647. The summed E-state index contributed by atoms with van der Waals surface area (Å²) in [5.41, 5.74) is 0.0295. The third-order valence-corrected chi connectivity index (χ3v) is 2.63. The van der Waals surface area contributed by atoms with E-state index < -0.39 is 5.97 Å². The number of carboxylic acid groups (broad SMARTS) is 1. The number of aromatic nitrogens is 1. The molecule has 7 nitrogen and oxygen atoms in total. The summed E-state index contributed by atoms with van der Waals surface area (Å²) in [6.07, 6.45) is 0. The fraction of sp³-hybridized carbons (Fsp3) is 0.615. The Kier molecular flexibility index (Phi) is 5.69. The van der Waals surface area contributed by atoms with Crippen LogP contribution in [0.4, 0.5) is 0 Å². The van der Waals surface area contributed by atoms with Crippen molar-refractivity contribution in [3.63, 3.8) is 0 Å². The van der Waals surface area contributed by atoms with E-state index in [-0.39, 0.29) is 17.4 Å². The van der Waals surface area contributed by atoms with Gasteiger partial charge in [0.15, 0.2) is 5.69 Å². The highest BCUT2D eigenvalue weighted by atomic mass is 16.5. The van der Waals surface area contributed by atoms with Crippen LogP contribution in [0.1, 0.15) is 34.9 Å². The fourth-order valence-electron chi connectivity index (χ4n) is 1.68. The molecular formula is C13H21N3O4. The van der Waals surface area contributed by atoms with Crippen molar-refractivity contribution in [1.82, 2.24) is 15.0 Å². The van der Waals surface area contributed by atoms with Crippen LogP contribution in [0, 0.1) is 5.92 Å². The summed E-state index contributed by atoms with van der Waals surface area (Å²) in [4.78, 5) is 26.7. The Balaban J connectivity index is 2.82. The summed E-state index contributed by atoms with van der Waals surface area (Å²) in [7, 11) is 3.85. The molecule has 7 heteroatoms. The summed E-state index contributed by atoms with van der Waals surface area (Å²) in [6, 6.07) is 1.16. The normalized spacial score (nSPS) is 11.1. The second-order valence-electron chi connectivity index (χ2n) is 5.33. The average molecular weight is 283 g/mol. The molecule has 1 aromatic heterocycles. The van der Waals surface area contributed by atoms with E-state index >= 15 is 0 Å². The zero-order chi connectivity index (χ0) is 15.3. The predicted molar refractivity (Wildman–Crippen MR) is 72.8 cm³/mol. The van der Waals surface area contributed by atoms with Crippen molar-refractivity contribution in [2.45, 2.75) is 13.8 Å². The van der Waals surface area contributed by atoms with Gasteiger partial charge in [-0.3, -0.25) is 4.79 Å². The van der Waals surface area contributed by atoms with Crippen molar-refractivity contribution < 1.29 is 19.2 Å². The number of likely N-dealkylation sites (N-methyl/N-ethyl adjacent to an activating group) is 1. The minimum absolute atomic E-state index is 0.0295. The van der Waals surface area contributed by atoms with Crippen molar-refractivity contribution in [2.24, 2.45) is 5.92 Å². The molecule has 20 heavy (non-hydrogen) atoms. The molecule has 0 aromatic carbocycles. The maximum absolute atomic E-state index is 12.3. The molecule has 0 fully saturated rings. The van der Waals surface area contributed by atoms with Crippen molar-refractivity contribution >= 4 is 11.9 Å². The fourth-order valence-corrected chi connectivity index (χ4v) is 1.68. The Morgan fingerprint density at radius 2 is 2.00 bits per heavy atom. The average Bonchev–Trinajstić information content (AvgIpc) is 2.82. The van der Waals surface area contributed by atoms with Crippen LogP contribution in [0.15, 0.2) is 10.6 Å². The van der Waals surface area contributed by atoms with Gasteiger partial charge < -0.3 is 19.4 Å². The van der Waals surface area contributed by atoms with Crippen LogP contribution in [-0.4, -0.2) is 65.7 Å². The van der Waals surface area contributed by atoms with Gasteiger partial charge in [0.2, 0.25) is 5.76 Å². The van der Waals surface area contributed by atoms with E-state index in [1.165, 1.54) is 0 Å². The molecule has 0 saturated heterocycles. The van der Waals surface area contributed by atoms with Gasteiger partial charge in [0.25, 0.3) is 5.91 Å². The first-order chi connectivity index (χ1) is 9.31. The molecule has 0 atom stereocenters. The maximum atomic E-state index is 12.3. The Morgan fingerprint density at radius 3 is 2.45 bits per heavy atom. The van der Waals surface area contributed by atoms with Crippen LogP contribution in [0.2, 0.25) is 0 Å². The molecule has 0 spiro atoms. The van der Waals surface area contributed by atoms with E-state index in [1.54, 1.807) is 4.90 Å². The number of hydrogen-bond acceptors (Lipinski definition) is 5. The molecule has 1 heterocycles. The summed E-state index contributed by atoms with van der Waals surface area (Å²) in [5, 5.41) is 12.3. The summed E-state index contributed by atoms with van der Waals surface area (Å²) < 4.78 is 4.62. The van der Waals surface area contributed by atoms with E-state index in [1.807, 2.05) is 32.8 Å². The molecule has 1 amide bonds. The molecule has 1 rings (SSSR count). The van der Waals surface area contributed by atoms with Gasteiger partial charge in [0, 0.05) is 25.7 Å². The highest BCUT2D eigenvalue weighted by molar-refractivity contribution is 5.94. The van der Waals surface area contributed by atoms with Crippen LogP contribution in [0.5, 0.6) is 0 Å². The first-order valence-electron chi connectivity index (χ1n) is 6.45. The largest absolute Gasteiger partial charge is 0.475 e. The molecule has 0 aliphatic carbocycles. The molecule has 0 aliphatic heterocycles. The number of amides is 1. The van der Waals surface area contributed by atoms with E-state index in [4.69, 9.17) is 5.11 Å². The van der Waals surface area contributed by atoms with Gasteiger partial charge in [0.1, 0.15) is 0 Å². The van der Waals surface area contributed by atoms with Crippen LogP contribution >= 0.6 is 0 Å². The van der Waals surface area contributed by atoms with Crippen molar-refractivity contribution in [1.29, 1.82) is 0 Å². The Labute approximate surface area is 118 Å². The number of carboxylic acids is 1. The van der Waals surface area contributed by atoms with Gasteiger partial charge in [-0.25, -0.2) is 4.79 Å². The highest BCUT2D eigenvalue weighted by Crippen LogP contribution is 2.09. The van der Waals surface area contributed by atoms with Crippen molar-refractivity contribution in [2.75, 3.05) is 33.7 Å². The van der Waals surface area contributed by atoms with Gasteiger partial charge in [-0.05, 0) is 20.0 Å². The third-order valence-electron chi connectivity index (χ3n) is 2.63. The number of aromatic carboxylic acids is 1. The van der Waals surface area contributed by atoms with Gasteiger partial charge in [0.05, 0.1) is 0 Å². The second-order valence-corrected chi connectivity index (χ2v) is 5.33.